The second kappa shape index (κ2) is 17.8. The summed E-state index contributed by atoms with van der Waals surface area (Å²) < 4.78 is 58.7. The van der Waals surface area contributed by atoms with Crippen LogP contribution in [0.25, 0.3) is 0 Å². The molecule has 15 heteroatoms. The van der Waals surface area contributed by atoms with Crippen LogP contribution in [-0.4, -0.2) is 122 Å². The van der Waals surface area contributed by atoms with Crippen LogP contribution in [0.15, 0.2) is 18.2 Å². The number of Topliss-reactive ketones (excluding diaryl/α,β-unsaturated/α-hetero) is 1. The molecule has 13 nitrogen and oxygen atoms in total. The van der Waals surface area contributed by atoms with E-state index in [0.29, 0.717) is 31.4 Å². The van der Waals surface area contributed by atoms with Crippen LogP contribution in [0.3, 0.4) is 0 Å². The molecule has 300 valence electrons. The van der Waals surface area contributed by atoms with Gasteiger partial charge in [0.25, 0.3) is 0 Å². The number of carbonyl (C=O) groups is 3. The van der Waals surface area contributed by atoms with Crippen molar-refractivity contribution in [1.29, 1.82) is 0 Å². The molecule has 0 aromatic heterocycles. The summed E-state index contributed by atoms with van der Waals surface area (Å²) in [5, 5.41) is 21.2. The van der Waals surface area contributed by atoms with Crippen molar-refractivity contribution in [3.05, 3.63) is 35.4 Å². The lowest BCUT2D eigenvalue weighted by molar-refractivity contribution is -0.297. The molecular formula is C38H60F2N4O9. The number of cyclic esters (lactones) is 1. The zero-order chi connectivity index (χ0) is 39.4. The second-order valence-corrected chi connectivity index (χ2v) is 15.8. The van der Waals surface area contributed by atoms with Gasteiger partial charge in [-0.1, -0.05) is 26.8 Å². The first-order valence-corrected chi connectivity index (χ1v) is 18.7. The third kappa shape index (κ3) is 9.72. The number of alkyl carbamates (subject to hydrolysis) is 1. The zero-order valence-corrected chi connectivity index (χ0v) is 32.7. The van der Waals surface area contributed by atoms with Gasteiger partial charge in [-0.15, -0.1) is 0 Å². The molecule has 1 aromatic carbocycles. The van der Waals surface area contributed by atoms with Gasteiger partial charge in [-0.2, -0.15) is 0 Å². The van der Waals surface area contributed by atoms with Crippen LogP contribution in [-0.2, 0) is 39.8 Å². The Bertz CT molecular complexity index is 1440. The summed E-state index contributed by atoms with van der Waals surface area (Å²) in [5.41, 5.74) is -2.02. The molecule has 3 saturated heterocycles. The molecule has 1 amide bonds. The standard InChI is InChI=1S/C38H60F2N4O9/c1-11-29-38(7)32(43-36(48)53-38)23(5)42-17-20(2)16-37(6,49-10)33(21(3)30(45)22(4)34(47)51-29)52-35-31(46)28(44(8)9)15-26(50-35)19-41-18-24-12-13-25(39)14-27(24)40/h12-14,20-23,26,28-29,31-33,35,41-42,46H,11,15-19H2,1-10H3,(H,43,48)/t20-,21+,22?,23-,26?,28?,29-,31?,32-,33-,35+,37-,38-/m1/s1. The van der Waals surface area contributed by atoms with Gasteiger partial charge in [-0.25, -0.2) is 13.6 Å². The quantitative estimate of drug-likeness (QED) is 0.216. The Morgan fingerprint density at radius 1 is 1.11 bits per heavy atom. The number of halogens is 2. The average Bonchev–Trinajstić information content (AvgIpc) is 3.42. The summed E-state index contributed by atoms with van der Waals surface area (Å²) in [4.78, 5) is 42.3. The first kappa shape index (κ1) is 42.9. The molecule has 0 aliphatic carbocycles. The number of hydrogen-bond acceptors (Lipinski definition) is 12. The lowest BCUT2D eigenvalue weighted by Gasteiger charge is -2.47. The van der Waals surface area contributed by atoms with E-state index < -0.39 is 95.3 Å². The van der Waals surface area contributed by atoms with E-state index in [-0.39, 0.29) is 25.0 Å². The molecule has 53 heavy (non-hydrogen) atoms. The summed E-state index contributed by atoms with van der Waals surface area (Å²) in [6.07, 6.45) is -4.12. The molecule has 0 radical (unpaired) electrons. The van der Waals surface area contributed by atoms with Crippen LogP contribution in [0.5, 0.6) is 0 Å². The number of amides is 1. The Kier molecular flexibility index (Phi) is 14.4. The lowest BCUT2D eigenvalue weighted by atomic mass is 9.78. The van der Waals surface area contributed by atoms with Crippen molar-refractivity contribution in [1.82, 2.24) is 20.9 Å². The van der Waals surface area contributed by atoms with Gasteiger partial charge in [0.2, 0.25) is 0 Å². The van der Waals surface area contributed by atoms with Gasteiger partial charge in [0.15, 0.2) is 17.7 Å². The van der Waals surface area contributed by atoms with Crippen LogP contribution >= 0.6 is 0 Å². The fraction of sp³-hybridized carbons (Fsp3) is 0.763. The van der Waals surface area contributed by atoms with Crippen LogP contribution in [0.2, 0.25) is 0 Å². The highest BCUT2D eigenvalue weighted by molar-refractivity contribution is 6.00. The van der Waals surface area contributed by atoms with E-state index >= 15 is 0 Å². The number of nitrogens with one attached hydrogen (secondary N) is 3. The summed E-state index contributed by atoms with van der Waals surface area (Å²) in [7, 11) is 5.20. The molecule has 3 heterocycles. The Hall–Kier alpha value is -2.79. The van der Waals surface area contributed by atoms with Crippen LogP contribution in [0, 0.1) is 29.4 Å². The van der Waals surface area contributed by atoms with Gasteiger partial charge in [0.1, 0.15) is 29.8 Å². The van der Waals surface area contributed by atoms with Gasteiger partial charge in [0, 0.05) is 49.8 Å². The maximum atomic E-state index is 14.3. The molecule has 0 saturated carbocycles. The smallest absolute Gasteiger partial charge is 0.408 e. The van der Waals surface area contributed by atoms with Gasteiger partial charge in [0.05, 0.1) is 23.9 Å². The highest BCUT2D eigenvalue weighted by atomic mass is 19.1. The second-order valence-electron chi connectivity index (χ2n) is 15.8. The maximum Gasteiger partial charge on any atom is 0.408 e. The molecule has 4 rings (SSSR count). The van der Waals surface area contributed by atoms with Crippen molar-refractivity contribution in [2.75, 3.05) is 34.3 Å². The van der Waals surface area contributed by atoms with E-state index in [0.717, 1.165) is 6.07 Å². The van der Waals surface area contributed by atoms with Crippen molar-refractivity contribution in [3.63, 3.8) is 0 Å². The average molecular weight is 755 g/mol. The summed E-state index contributed by atoms with van der Waals surface area (Å²) in [6, 6.07) is 2.18. The molecule has 4 unspecified atom stereocenters. The number of benzene rings is 1. The zero-order valence-electron chi connectivity index (χ0n) is 32.7. The van der Waals surface area contributed by atoms with Gasteiger partial charge in [-0.05, 0) is 79.6 Å². The molecule has 1 aromatic rings. The third-order valence-electron chi connectivity index (χ3n) is 11.4. The van der Waals surface area contributed by atoms with Crippen molar-refractivity contribution in [2.45, 2.75) is 134 Å². The molecular weight excluding hydrogens is 694 g/mol. The van der Waals surface area contributed by atoms with E-state index in [4.69, 9.17) is 23.7 Å². The van der Waals surface area contributed by atoms with E-state index in [2.05, 4.69) is 16.0 Å². The predicted molar refractivity (Wildman–Crippen MR) is 192 cm³/mol. The van der Waals surface area contributed by atoms with Gasteiger partial charge in [-0.3, -0.25) is 9.59 Å². The Morgan fingerprint density at radius 3 is 2.43 bits per heavy atom. The minimum Gasteiger partial charge on any atom is -0.458 e. The first-order valence-electron chi connectivity index (χ1n) is 18.7. The summed E-state index contributed by atoms with van der Waals surface area (Å²) in [5.74, 6) is -4.73. The van der Waals surface area contributed by atoms with Gasteiger partial charge < -0.3 is 49.6 Å². The van der Waals surface area contributed by atoms with Crippen molar-refractivity contribution >= 4 is 17.8 Å². The van der Waals surface area contributed by atoms with E-state index in [1.54, 1.807) is 13.8 Å². The number of ketones is 1. The minimum absolute atomic E-state index is 0.0435. The van der Waals surface area contributed by atoms with Crippen LogP contribution in [0.4, 0.5) is 13.6 Å². The summed E-state index contributed by atoms with van der Waals surface area (Å²) >= 11 is 0. The largest absolute Gasteiger partial charge is 0.458 e. The fourth-order valence-electron chi connectivity index (χ4n) is 8.19. The molecule has 3 fully saturated rings. The Morgan fingerprint density at radius 2 is 1.81 bits per heavy atom. The van der Waals surface area contributed by atoms with Crippen molar-refractivity contribution in [3.8, 4) is 0 Å². The number of hydrogen-bond donors (Lipinski definition) is 4. The number of fused-ring (bicyclic) bond motifs is 1. The highest BCUT2D eigenvalue weighted by Crippen LogP contribution is 2.37. The summed E-state index contributed by atoms with van der Waals surface area (Å²) in [6.45, 7) is 13.4. The maximum absolute atomic E-state index is 14.3. The van der Waals surface area contributed by atoms with Crippen molar-refractivity contribution < 1.29 is 52.0 Å². The molecule has 3 aliphatic rings. The number of aliphatic hydroxyl groups is 1. The number of rotatable bonds is 9. The number of nitrogens with zero attached hydrogens (tertiary/aromatic N) is 1. The molecule has 3 aliphatic heterocycles. The minimum atomic E-state index is -1.22. The predicted octanol–water partition coefficient (Wildman–Crippen LogP) is 3.30. The van der Waals surface area contributed by atoms with Crippen LogP contribution < -0.4 is 16.0 Å². The Labute approximate surface area is 312 Å². The Balaban J connectivity index is 1.63. The topological polar surface area (TPSA) is 157 Å². The first-order chi connectivity index (χ1) is 24.8. The number of likely N-dealkylation sites (N-methyl/N-ethyl adjacent to an activating group) is 1. The lowest BCUT2D eigenvalue weighted by Crippen LogP contribution is -2.60. The molecule has 4 N–H and O–H groups in total. The van der Waals surface area contributed by atoms with E-state index in [1.165, 1.54) is 26.2 Å². The number of methoxy groups -OCH3 is 1. The van der Waals surface area contributed by atoms with E-state index in [1.807, 2.05) is 46.7 Å². The molecule has 13 atom stereocenters. The number of ether oxygens (including phenoxy) is 5. The number of carbonyl (C=O) groups excluding carboxylic acids is 3. The monoisotopic (exact) mass is 754 g/mol. The van der Waals surface area contributed by atoms with Gasteiger partial charge >= 0.3 is 12.1 Å². The fourth-order valence-corrected chi connectivity index (χ4v) is 8.19. The number of aliphatic hydroxyl groups excluding tert-OH is 1. The van der Waals surface area contributed by atoms with E-state index in [9.17, 15) is 28.3 Å². The SMILES string of the molecule is CC[C@H]1OC(=O)C(C)C(=O)[C@H](C)[C@@H](O[C@@H]2OC(CNCc3ccc(F)cc3F)CC(N(C)C)C2O)[C@](C)(OC)C[C@@H](C)CN[C@H](C)[C@H]2NC(=O)O[C@@]21C. The molecule has 0 spiro atoms. The molecule has 0 bridgehead atoms. The number of esters is 1. The third-order valence-corrected chi connectivity index (χ3v) is 11.4. The van der Waals surface area contributed by atoms with Crippen molar-refractivity contribution in [2.24, 2.45) is 17.8 Å². The normalized spacial score (nSPS) is 39.1. The highest BCUT2D eigenvalue weighted by Gasteiger charge is 2.55. The van der Waals surface area contributed by atoms with Crippen LogP contribution in [0.1, 0.15) is 73.3 Å².